The Morgan fingerprint density at radius 3 is 2.60 bits per heavy atom. The topological polar surface area (TPSA) is 66.9 Å². The second-order valence-corrected chi connectivity index (χ2v) is 6.83. The van der Waals surface area contributed by atoms with Crippen molar-refractivity contribution in [3.63, 3.8) is 0 Å². The third-order valence-corrected chi connectivity index (χ3v) is 4.61. The first-order valence-corrected chi connectivity index (χ1v) is 8.49. The molecule has 0 saturated carbocycles. The van der Waals surface area contributed by atoms with Crippen LogP contribution in [0.15, 0.2) is 0 Å². The van der Waals surface area contributed by atoms with Gasteiger partial charge in [-0.3, -0.25) is 9.69 Å². The fourth-order valence-electron chi connectivity index (χ4n) is 2.77. The number of rotatable bonds is 6. The van der Waals surface area contributed by atoms with Crippen LogP contribution in [0.2, 0.25) is 0 Å². The molecule has 0 spiro atoms. The van der Waals surface area contributed by atoms with Gasteiger partial charge in [0, 0.05) is 45.1 Å². The van der Waals surface area contributed by atoms with Crippen LogP contribution in [0.4, 0.5) is 3.89 Å². The fraction of sp³-hybridized carbons (Fsp3) is 0.917. The molecule has 2 heterocycles. The normalized spacial score (nSPS) is 25.4. The van der Waals surface area contributed by atoms with E-state index in [9.17, 15) is 17.1 Å². The number of halogens is 1. The van der Waals surface area contributed by atoms with Crippen molar-refractivity contribution >= 4 is 16.1 Å². The van der Waals surface area contributed by atoms with Gasteiger partial charge in [0.1, 0.15) is 0 Å². The number of ether oxygens (including phenoxy) is 1. The molecule has 0 aromatic carbocycles. The van der Waals surface area contributed by atoms with Crippen molar-refractivity contribution in [2.75, 3.05) is 51.7 Å². The van der Waals surface area contributed by atoms with Crippen LogP contribution in [0.25, 0.3) is 0 Å². The first-order chi connectivity index (χ1) is 9.44. The average molecular weight is 308 g/mol. The van der Waals surface area contributed by atoms with Crippen LogP contribution in [-0.4, -0.2) is 75.8 Å². The maximum Gasteiger partial charge on any atom is 0.302 e. The summed E-state index contributed by atoms with van der Waals surface area (Å²) in [4.78, 5) is 15.7. The predicted molar refractivity (Wildman–Crippen MR) is 71.5 cm³/mol. The molecule has 0 aromatic heterocycles. The summed E-state index contributed by atoms with van der Waals surface area (Å²) in [6, 6.07) is 0. The van der Waals surface area contributed by atoms with E-state index in [-0.39, 0.29) is 12.3 Å². The number of carbonyl (C=O) groups excluding carboxylic acids is 1. The SMILES string of the molecule is O=C1CC(CS(=O)(=O)F)CN1CCCN1CCOCC1. The first kappa shape index (κ1) is 15.7. The van der Waals surface area contributed by atoms with Gasteiger partial charge in [0.05, 0.1) is 19.0 Å². The Bertz CT molecular complexity index is 437. The molecule has 1 atom stereocenters. The van der Waals surface area contributed by atoms with Gasteiger partial charge < -0.3 is 9.64 Å². The highest BCUT2D eigenvalue weighted by molar-refractivity contribution is 7.86. The van der Waals surface area contributed by atoms with Gasteiger partial charge in [0.25, 0.3) is 0 Å². The van der Waals surface area contributed by atoms with Gasteiger partial charge in [0.2, 0.25) is 5.91 Å². The summed E-state index contributed by atoms with van der Waals surface area (Å²) in [6.07, 6.45) is 0.988. The molecule has 116 valence electrons. The van der Waals surface area contributed by atoms with Crippen LogP contribution < -0.4 is 0 Å². The summed E-state index contributed by atoms with van der Waals surface area (Å²) in [6.45, 7) is 5.19. The van der Waals surface area contributed by atoms with Crippen LogP contribution in [0, 0.1) is 5.92 Å². The second kappa shape index (κ2) is 6.82. The van der Waals surface area contributed by atoms with Gasteiger partial charge >= 0.3 is 10.2 Å². The van der Waals surface area contributed by atoms with Crippen molar-refractivity contribution in [3.05, 3.63) is 0 Å². The smallest absolute Gasteiger partial charge is 0.302 e. The van der Waals surface area contributed by atoms with Crippen molar-refractivity contribution in [1.82, 2.24) is 9.80 Å². The number of hydrogen-bond acceptors (Lipinski definition) is 5. The molecule has 8 heteroatoms. The first-order valence-electron chi connectivity index (χ1n) is 6.94. The van der Waals surface area contributed by atoms with Crippen molar-refractivity contribution in [2.45, 2.75) is 12.8 Å². The van der Waals surface area contributed by atoms with Crippen LogP contribution >= 0.6 is 0 Å². The van der Waals surface area contributed by atoms with Crippen molar-refractivity contribution in [3.8, 4) is 0 Å². The lowest BCUT2D eigenvalue weighted by Crippen LogP contribution is -2.38. The molecule has 1 unspecified atom stereocenters. The number of amides is 1. The van der Waals surface area contributed by atoms with Crippen LogP contribution in [-0.2, 0) is 19.8 Å². The minimum absolute atomic E-state index is 0.0689. The van der Waals surface area contributed by atoms with Gasteiger partial charge in [-0.1, -0.05) is 0 Å². The van der Waals surface area contributed by atoms with E-state index in [0.29, 0.717) is 13.1 Å². The lowest BCUT2D eigenvalue weighted by molar-refractivity contribution is -0.127. The van der Waals surface area contributed by atoms with Gasteiger partial charge in [-0.2, -0.15) is 8.42 Å². The monoisotopic (exact) mass is 308 g/mol. The van der Waals surface area contributed by atoms with E-state index in [4.69, 9.17) is 4.74 Å². The molecule has 20 heavy (non-hydrogen) atoms. The molecule has 2 fully saturated rings. The molecule has 0 bridgehead atoms. The minimum Gasteiger partial charge on any atom is -0.379 e. The van der Waals surface area contributed by atoms with Crippen molar-refractivity contribution < 1.29 is 21.8 Å². The van der Waals surface area contributed by atoms with E-state index in [1.807, 2.05) is 0 Å². The lowest BCUT2D eigenvalue weighted by Gasteiger charge is -2.27. The third kappa shape index (κ3) is 4.99. The molecule has 0 aromatic rings. The summed E-state index contributed by atoms with van der Waals surface area (Å²) >= 11 is 0. The van der Waals surface area contributed by atoms with Crippen molar-refractivity contribution in [1.29, 1.82) is 0 Å². The Balaban J connectivity index is 1.69. The largest absolute Gasteiger partial charge is 0.379 e. The number of likely N-dealkylation sites (tertiary alicyclic amines) is 1. The number of nitrogens with zero attached hydrogens (tertiary/aromatic N) is 2. The number of morpholine rings is 1. The Morgan fingerprint density at radius 1 is 1.25 bits per heavy atom. The molecule has 6 nitrogen and oxygen atoms in total. The van der Waals surface area contributed by atoms with Crippen LogP contribution in [0.3, 0.4) is 0 Å². The number of hydrogen-bond donors (Lipinski definition) is 0. The van der Waals surface area contributed by atoms with E-state index >= 15 is 0 Å². The van der Waals surface area contributed by atoms with E-state index < -0.39 is 21.9 Å². The Kier molecular flexibility index (Phi) is 5.34. The zero-order valence-electron chi connectivity index (χ0n) is 11.5. The summed E-state index contributed by atoms with van der Waals surface area (Å²) < 4.78 is 39.1. The van der Waals surface area contributed by atoms with Gasteiger partial charge in [0.15, 0.2) is 0 Å². The van der Waals surface area contributed by atoms with Crippen molar-refractivity contribution in [2.24, 2.45) is 5.92 Å². The fourth-order valence-corrected chi connectivity index (χ4v) is 3.56. The summed E-state index contributed by atoms with van der Waals surface area (Å²) in [5, 5.41) is 0. The third-order valence-electron chi connectivity index (χ3n) is 3.74. The highest BCUT2D eigenvalue weighted by Crippen LogP contribution is 2.20. The van der Waals surface area contributed by atoms with Gasteiger partial charge in [-0.15, -0.1) is 3.89 Å². The standard InChI is InChI=1S/C12H21FN2O4S/c13-20(17,18)10-11-8-12(16)15(9-11)3-1-2-14-4-6-19-7-5-14/h11H,1-10H2. The number of carbonyl (C=O) groups is 1. The average Bonchev–Trinajstić information content (AvgIpc) is 2.68. The van der Waals surface area contributed by atoms with E-state index in [0.717, 1.165) is 39.3 Å². The lowest BCUT2D eigenvalue weighted by atomic mass is 10.1. The Hall–Kier alpha value is -0.730. The summed E-state index contributed by atoms with van der Waals surface area (Å²) in [7, 11) is -4.49. The second-order valence-electron chi connectivity index (χ2n) is 5.42. The molecule has 1 amide bonds. The molecule has 0 radical (unpaired) electrons. The van der Waals surface area contributed by atoms with Crippen LogP contribution in [0.1, 0.15) is 12.8 Å². The van der Waals surface area contributed by atoms with Gasteiger partial charge in [-0.25, -0.2) is 0 Å². The molecule has 2 rings (SSSR count). The molecule has 2 aliphatic heterocycles. The molecule has 2 saturated heterocycles. The molecule has 0 aliphatic carbocycles. The van der Waals surface area contributed by atoms with E-state index in [1.165, 1.54) is 0 Å². The zero-order chi connectivity index (χ0) is 14.6. The molecule has 2 aliphatic rings. The zero-order valence-corrected chi connectivity index (χ0v) is 12.3. The van der Waals surface area contributed by atoms with E-state index in [2.05, 4.69) is 4.90 Å². The Morgan fingerprint density at radius 2 is 1.95 bits per heavy atom. The highest BCUT2D eigenvalue weighted by atomic mass is 32.3. The predicted octanol–water partition coefficient (Wildman–Crippen LogP) is -0.143. The van der Waals surface area contributed by atoms with E-state index in [1.54, 1.807) is 4.90 Å². The maximum absolute atomic E-state index is 12.6. The quantitative estimate of drug-likeness (QED) is 0.639. The minimum atomic E-state index is -4.49. The summed E-state index contributed by atoms with van der Waals surface area (Å²) in [5.74, 6) is -1.01. The van der Waals surface area contributed by atoms with Gasteiger partial charge in [-0.05, 0) is 6.42 Å². The maximum atomic E-state index is 12.6. The van der Waals surface area contributed by atoms with Crippen LogP contribution in [0.5, 0.6) is 0 Å². The highest BCUT2D eigenvalue weighted by Gasteiger charge is 2.32. The molecule has 0 N–H and O–H groups in total. The molecular weight excluding hydrogens is 287 g/mol. The summed E-state index contributed by atoms with van der Waals surface area (Å²) in [5.41, 5.74) is 0. The Labute approximate surface area is 119 Å². The molecular formula is C12H21FN2O4S.